The molecule has 1 aliphatic heterocycles. The van der Waals surface area contributed by atoms with E-state index >= 15 is 0 Å². The Balaban J connectivity index is 1.70. The maximum atomic E-state index is 13.2. The Kier molecular flexibility index (Phi) is 4.06. The number of piperidine rings is 1. The minimum absolute atomic E-state index is 0.0290. The molecule has 2 N–H and O–H groups in total. The lowest BCUT2D eigenvalue weighted by molar-refractivity contribution is -0.123. The van der Waals surface area contributed by atoms with Crippen LogP contribution in [0.1, 0.15) is 28.8 Å². The number of rotatable bonds is 3. The molecule has 8 heteroatoms. The molecule has 0 radical (unpaired) electrons. The molecule has 2 fully saturated rings. The Morgan fingerprint density at radius 1 is 1.35 bits per heavy atom. The highest BCUT2D eigenvalue weighted by atomic mass is 35.5. The van der Waals surface area contributed by atoms with E-state index in [2.05, 4.69) is 4.98 Å². The Morgan fingerprint density at radius 2 is 2.08 bits per heavy atom. The van der Waals surface area contributed by atoms with Gasteiger partial charge in [0.15, 0.2) is 0 Å². The molecule has 1 aromatic heterocycles. The largest absolute Gasteiger partial charge is 0.369 e. The van der Waals surface area contributed by atoms with E-state index in [1.807, 2.05) is 19.9 Å². The average Bonchev–Trinajstić information content (AvgIpc) is 3.10. The zero-order valence-electron chi connectivity index (χ0n) is 14.3. The molecular weight excluding hydrogens is 393 g/mol. The van der Waals surface area contributed by atoms with E-state index in [0.29, 0.717) is 22.3 Å². The summed E-state index contributed by atoms with van der Waals surface area (Å²) >= 11 is 13.6. The summed E-state index contributed by atoms with van der Waals surface area (Å²) in [6, 6.07) is 5.24. The first kappa shape index (κ1) is 17.8. The number of likely N-dealkylation sites (tertiary alicyclic amines) is 1. The predicted molar refractivity (Wildman–Crippen MR) is 103 cm³/mol. The van der Waals surface area contributed by atoms with Gasteiger partial charge in [0.05, 0.1) is 25.3 Å². The second kappa shape index (κ2) is 5.94. The lowest BCUT2D eigenvalue weighted by atomic mass is 10.1. The number of carbonyl (C=O) groups is 2. The summed E-state index contributed by atoms with van der Waals surface area (Å²) in [5.74, 6) is -0.336. The van der Waals surface area contributed by atoms with E-state index in [4.69, 9.17) is 28.9 Å². The van der Waals surface area contributed by atoms with Gasteiger partial charge in [-0.25, -0.2) is 4.98 Å². The van der Waals surface area contributed by atoms with Crippen LogP contribution >= 0.6 is 34.5 Å². The van der Waals surface area contributed by atoms with Gasteiger partial charge in [0.2, 0.25) is 5.91 Å². The number of halogens is 2. The van der Waals surface area contributed by atoms with Gasteiger partial charge in [-0.1, -0.05) is 29.3 Å². The van der Waals surface area contributed by atoms with Crippen molar-refractivity contribution in [3.8, 4) is 10.4 Å². The van der Waals surface area contributed by atoms with Gasteiger partial charge in [0, 0.05) is 12.6 Å². The van der Waals surface area contributed by atoms with Crippen molar-refractivity contribution in [1.82, 2.24) is 9.88 Å². The summed E-state index contributed by atoms with van der Waals surface area (Å²) in [5, 5.41) is 1.68. The number of thiazole rings is 1. The second-order valence-corrected chi connectivity index (χ2v) is 9.06. The van der Waals surface area contributed by atoms with Crippen molar-refractivity contribution >= 4 is 46.4 Å². The zero-order valence-corrected chi connectivity index (χ0v) is 16.6. The Morgan fingerprint density at radius 3 is 2.69 bits per heavy atom. The monoisotopic (exact) mass is 409 g/mol. The summed E-state index contributed by atoms with van der Waals surface area (Å²) in [7, 11) is 0. The standard InChI is InChI=1S/C18H17Cl2N3O2S/c1-8-11-6-18(11,17(21)25)7-23(8)16(24)14-15(26-9(2)22-14)10-3-4-12(19)13(20)5-10/h3-5,8,11H,6-7H2,1-2H3,(H2,21,25)/t8-,11+,18-/m0/s1. The molecule has 3 atom stereocenters. The van der Waals surface area contributed by atoms with Crippen molar-refractivity contribution in [3.05, 3.63) is 38.9 Å². The van der Waals surface area contributed by atoms with Crippen LogP contribution < -0.4 is 5.73 Å². The molecular formula is C18H17Cl2N3O2S. The minimum Gasteiger partial charge on any atom is -0.369 e. The number of aryl methyl sites for hydroxylation is 1. The van der Waals surface area contributed by atoms with Crippen LogP contribution in [0.4, 0.5) is 0 Å². The van der Waals surface area contributed by atoms with Crippen LogP contribution in [-0.2, 0) is 4.79 Å². The fourth-order valence-corrected chi connectivity index (χ4v) is 5.18. The number of fused-ring (bicyclic) bond motifs is 1. The summed E-state index contributed by atoms with van der Waals surface area (Å²) in [6.45, 7) is 4.20. The van der Waals surface area contributed by atoms with Crippen molar-refractivity contribution < 1.29 is 9.59 Å². The second-order valence-electron chi connectivity index (χ2n) is 7.04. The van der Waals surface area contributed by atoms with E-state index in [0.717, 1.165) is 21.9 Å². The van der Waals surface area contributed by atoms with E-state index < -0.39 is 5.41 Å². The molecule has 1 aromatic carbocycles. The molecule has 4 rings (SSSR count). The zero-order chi connectivity index (χ0) is 18.8. The van der Waals surface area contributed by atoms with Crippen LogP contribution in [0.5, 0.6) is 0 Å². The van der Waals surface area contributed by atoms with E-state index in [1.165, 1.54) is 11.3 Å². The third-order valence-corrected chi connectivity index (χ3v) is 7.29. The number of aromatic nitrogens is 1. The Labute approximate surface area is 165 Å². The SMILES string of the molecule is Cc1nc(C(=O)N2C[C@@]3(C(N)=O)C[C@@H]3[C@@H]2C)c(-c2ccc(Cl)c(Cl)c2)s1. The van der Waals surface area contributed by atoms with Gasteiger partial charge < -0.3 is 10.6 Å². The molecule has 1 saturated heterocycles. The highest BCUT2D eigenvalue weighted by molar-refractivity contribution is 7.15. The van der Waals surface area contributed by atoms with E-state index in [1.54, 1.807) is 17.0 Å². The van der Waals surface area contributed by atoms with E-state index in [-0.39, 0.29) is 23.8 Å². The van der Waals surface area contributed by atoms with Crippen LogP contribution in [0.15, 0.2) is 18.2 Å². The topological polar surface area (TPSA) is 76.3 Å². The van der Waals surface area contributed by atoms with Crippen molar-refractivity contribution in [2.24, 2.45) is 17.1 Å². The molecule has 2 aliphatic rings. The minimum atomic E-state index is -0.552. The first-order chi connectivity index (χ1) is 12.2. The smallest absolute Gasteiger partial charge is 0.274 e. The quantitative estimate of drug-likeness (QED) is 0.837. The van der Waals surface area contributed by atoms with Crippen LogP contribution in [0, 0.1) is 18.3 Å². The van der Waals surface area contributed by atoms with Crippen molar-refractivity contribution in [3.63, 3.8) is 0 Å². The molecule has 26 heavy (non-hydrogen) atoms. The maximum absolute atomic E-state index is 13.2. The highest BCUT2D eigenvalue weighted by Gasteiger charge is 2.68. The van der Waals surface area contributed by atoms with Gasteiger partial charge in [0.1, 0.15) is 5.69 Å². The van der Waals surface area contributed by atoms with Gasteiger partial charge in [-0.15, -0.1) is 11.3 Å². The van der Waals surface area contributed by atoms with E-state index in [9.17, 15) is 9.59 Å². The molecule has 1 saturated carbocycles. The van der Waals surface area contributed by atoms with Crippen LogP contribution in [0.3, 0.4) is 0 Å². The van der Waals surface area contributed by atoms with Crippen molar-refractivity contribution in [2.45, 2.75) is 26.3 Å². The van der Waals surface area contributed by atoms with Crippen LogP contribution in [-0.4, -0.2) is 34.3 Å². The van der Waals surface area contributed by atoms with Gasteiger partial charge >= 0.3 is 0 Å². The van der Waals surface area contributed by atoms with Gasteiger partial charge in [-0.2, -0.15) is 0 Å². The van der Waals surface area contributed by atoms with Crippen molar-refractivity contribution in [1.29, 1.82) is 0 Å². The number of hydrogen-bond acceptors (Lipinski definition) is 4. The molecule has 136 valence electrons. The van der Waals surface area contributed by atoms with Crippen molar-refractivity contribution in [2.75, 3.05) is 6.54 Å². The van der Waals surface area contributed by atoms with Crippen LogP contribution in [0.25, 0.3) is 10.4 Å². The average molecular weight is 410 g/mol. The third-order valence-electron chi connectivity index (χ3n) is 5.53. The Hall–Kier alpha value is -1.63. The first-order valence-electron chi connectivity index (χ1n) is 8.28. The van der Waals surface area contributed by atoms with Gasteiger partial charge in [-0.05, 0) is 43.9 Å². The fraction of sp³-hybridized carbons (Fsp3) is 0.389. The third kappa shape index (κ3) is 2.54. The summed E-state index contributed by atoms with van der Waals surface area (Å²) in [4.78, 5) is 32.0. The molecule has 1 aliphatic carbocycles. The number of primary amides is 1. The predicted octanol–water partition coefficient (Wildman–Crippen LogP) is 3.76. The first-order valence-corrected chi connectivity index (χ1v) is 9.85. The molecule has 2 aromatic rings. The molecule has 0 spiro atoms. The summed E-state index contributed by atoms with van der Waals surface area (Å²) < 4.78 is 0. The van der Waals surface area contributed by atoms with Crippen LogP contribution in [0.2, 0.25) is 10.0 Å². The number of nitrogens with two attached hydrogens (primary N) is 1. The summed E-state index contributed by atoms with van der Waals surface area (Å²) in [6.07, 6.45) is 0.767. The van der Waals surface area contributed by atoms with Gasteiger partial charge in [-0.3, -0.25) is 9.59 Å². The number of amides is 2. The molecule has 2 amide bonds. The lowest BCUT2D eigenvalue weighted by Gasteiger charge is -2.24. The number of hydrogen-bond donors (Lipinski definition) is 1. The molecule has 2 heterocycles. The number of nitrogens with zero attached hydrogens (tertiary/aromatic N) is 2. The Bertz CT molecular complexity index is 945. The van der Waals surface area contributed by atoms with Gasteiger partial charge in [0.25, 0.3) is 5.91 Å². The lowest BCUT2D eigenvalue weighted by Crippen LogP contribution is -2.39. The molecule has 0 unspecified atom stereocenters. The fourth-order valence-electron chi connectivity index (χ4n) is 3.97. The number of benzene rings is 1. The maximum Gasteiger partial charge on any atom is 0.274 e. The molecule has 5 nitrogen and oxygen atoms in total. The normalized spacial score (nSPS) is 26.7. The highest BCUT2D eigenvalue weighted by Crippen LogP contribution is 2.60. The number of carbonyl (C=O) groups excluding carboxylic acids is 2. The molecule has 0 bridgehead atoms. The summed E-state index contributed by atoms with van der Waals surface area (Å²) in [5.41, 5.74) is 6.21.